The first kappa shape index (κ1) is 15.7. The van der Waals surface area contributed by atoms with E-state index in [1.165, 1.54) is 0 Å². The normalized spacial score (nSPS) is 13.0. The molecule has 0 bridgehead atoms. The smallest absolute Gasteiger partial charge is 0.241 e. The molecule has 17 heavy (non-hydrogen) atoms. The maximum Gasteiger partial charge on any atom is 0.241 e. The third kappa shape index (κ3) is 7.59. The predicted octanol–water partition coefficient (Wildman–Crippen LogP) is 2.18. The molecule has 0 aliphatic carbocycles. The molecule has 0 spiro atoms. The Labute approximate surface area is 105 Å². The molecule has 3 nitrogen and oxygen atoms in total. The van der Waals surface area contributed by atoms with E-state index in [1.807, 2.05) is 33.8 Å². The number of nitrogens with two attached hydrogens (primary N) is 1. The zero-order chi connectivity index (χ0) is 13.3. The Hall–Kier alpha value is -1.27. The van der Waals surface area contributed by atoms with Gasteiger partial charge in [-0.2, -0.15) is 0 Å². The summed E-state index contributed by atoms with van der Waals surface area (Å²) in [5.74, 6) is 5.71. The maximum atomic E-state index is 11.6. The van der Waals surface area contributed by atoms with Crippen molar-refractivity contribution in [2.45, 2.75) is 53.0 Å². The topological polar surface area (TPSA) is 55.1 Å². The van der Waals surface area contributed by atoms with Gasteiger partial charge in [0.25, 0.3) is 0 Å². The van der Waals surface area contributed by atoms with Crippen LogP contribution in [-0.2, 0) is 4.79 Å². The zero-order valence-electron chi connectivity index (χ0n) is 11.3. The number of rotatable bonds is 5. The minimum atomic E-state index is -0.488. The lowest BCUT2D eigenvalue weighted by atomic mass is 9.87. The van der Waals surface area contributed by atoms with Gasteiger partial charge in [-0.15, -0.1) is 11.8 Å². The van der Waals surface area contributed by atoms with E-state index in [9.17, 15) is 4.79 Å². The molecule has 96 valence electrons. The quantitative estimate of drug-likeness (QED) is 0.568. The van der Waals surface area contributed by atoms with Crippen LogP contribution in [0.15, 0.2) is 12.3 Å². The SMILES string of the molecule is CC#CCCC/C=C\NC(=O)[C@@H](N)C(C)(C)C. The van der Waals surface area contributed by atoms with Gasteiger partial charge in [-0.05, 0) is 31.4 Å². The number of nitrogens with one attached hydrogen (secondary N) is 1. The molecule has 3 N–H and O–H groups in total. The van der Waals surface area contributed by atoms with Crippen molar-refractivity contribution < 1.29 is 4.79 Å². The molecule has 0 aromatic rings. The summed E-state index contributed by atoms with van der Waals surface area (Å²) in [7, 11) is 0. The van der Waals surface area contributed by atoms with Crippen LogP contribution in [-0.4, -0.2) is 11.9 Å². The monoisotopic (exact) mass is 236 g/mol. The fourth-order valence-electron chi connectivity index (χ4n) is 1.14. The molecule has 1 atom stereocenters. The van der Waals surface area contributed by atoms with Crippen LogP contribution in [0.5, 0.6) is 0 Å². The highest BCUT2D eigenvalue weighted by molar-refractivity contribution is 5.83. The van der Waals surface area contributed by atoms with E-state index in [0.717, 1.165) is 19.3 Å². The second kappa shape index (κ2) is 7.92. The third-order valence-corrected chi connectivity index (χ3v) is 2.41. The minimum absolute atomic E-state index is 0.137. The van der Waals surface area contributed by atoms with Crippen LogP contribution in [0, 0.1) is 17.3 Å². The van der Waals surface area contributed by atoms with E-state index < -0.39 is 6.04 Å². The van der Waals surface area contributed by atoms with E-state index >= 15 is 0 Å². The van der Waals surface area contributed by atoms with Crippen molar-refractivity contribution in [2.75, 3.05) is 0 Å². The van der Waals surface area contributed by atoms with Crippen molar-refractivity contribution in [2.24, 2.45) is 11.1 Å². The van der Waals surface area contributed by atoms with Crippen LogP contribution in [0.2, 0.25) is 0 Å². The zero-order valence-corrected chi connectivity index (χ0v) is 11.3. The maximum absolute atomic E-state index is 11.6. The Balaban J connectivity index is 3.83. The van der Waals surface area contributed by atoms with E-state index in [2.05, 4.69) is 17.2 Å². The van der Waals surface area contributed by atoms with Gasteiger partial charge in [-0.1, -0.05) is 26.8 Å². The molecule has 0 aliphatic rings. The van der Waals surface area contributed by atoms with Gasteiger partial charge in [-0.25, -0.2) is 0 Å². The summed E-state index contributed by atoms with van der Waals surface area (Å²) in [5, 5.41) is 2.70. The summed E-state index contributed by atoms with van der Waals surface area (Å²) in [5.41, 5.74) is 5.60. The second-order valence-corrected chi connectivity index (χ2v) is 5.07. The van der Waals surface area contributed by atoms with E-state index in [4.69, 9.17) is 5.73 Å². The van der Waals surface area contributed by atoms with Gasteiger partial charge in [0.05, 0.1) is 6.04 Å². The average molecular weight is 236 g/mol. The number of amides is 1. The van der Waals surface area contributed by atoms with E-state index in [0.29, 0.717) is 0 Å². The predicted molar refractivity (Wildman–Crippen MR) is 72.0 cm³/mol. The summed E-state index contributed by atoms with van der Waals surface area (Å²) in [6.45, 7) is 7.68. The third-order valence-electron chi connectivity index (χ3n) is 2.41. The minimum Gasteiger partial charge on any atom is -0.332 e. The number of carbonyl (C=O) groups is 1. The molecule has 0 saturated carbocycles. The first-order valence-corrected chi connectivity index (χ1v) is 6.00. The summed E-state index contributed by atoms with van der Waals surface area (Å²) in [6.07, 6.45) is 6.44. The largest absolute Gasteiger partial charge is 0.332 e. The molecule has 0 aromatic carbocycles. The Morgan fingerprint density at radius 3 is 2.65 bits per heavy atom. The van der Waals surface area contributed by atoms with Crippen molar-refractivity contribution in [1.29, 1.82) is 0 Å². The highest BCUT2D eigenvalue weighted by Gasteiger charge is 2.26. The van der Waals surface area contributed by atoms with Crippen molar-refractivity contribution in [3.05, 3.63) is 12.3 Å². The highest BCUT2D eigenvalue weighted by Crippen LogP contribution is 2.16. The molecular weight excluding hydrogens is 212 g/mol. The van der Waals surface area contributed by atoms with Crippen LogP contribution in [0.1, 0.15) is 47.0 Å². The van der Waals surface area contributed by atoms with E-state index in [-0.39, 0.29) is 11.3 Å². The van der Waals surface area contributed by atoms with Crippen LogP contribution < -0.4 is 11.1 Å². The van der Waals surface area contributed by atoms with Crippen LogP contribution >= 0.6 is 0 Å². The molecule has 0 radical (unpaired) electrons. The van der Waals surface area contributed by atoms with Gasteiger partial charge in [0, 0.05) is 6.42 Å². The standard InChI is InChI=1S/C14H24N2O/c1-5-6-7-8-9-10-11-16-13(17)12(15)14(2,3)4/h10-12H,7-9,15H2,1-4H3,(H,16,17)/b11-10-/t12-/m1/s1. The fraction of sp³-hybridized carbons (Fsp3) is 0.643. The first-order valence-electron chi connectivity index (χ1n) is 6.00. The number of allylic oxidation sites excluding steroid dienone is 1. The average Bonchev–Trinajstić information content (AvgIpc) is 2.25. The van der Waals surface area contributed by atoms with E-state index in [1.54, 1.807) is 6.20 Å². The van der Waals surface area contributed by atoms with Crippen molar-refractivity contribution >= 4 is 5.91 Å². The van der Waals surface area contributed by atoms with Crippen LogP contribution in [0.4, 0.5) is 0 Å². The summed E-state index contributed by atoms with van der Waals surface area (Å²) >= 11 is 0. The fourth-order valence-corrected chi connectivity index (χ4v) is 1.14. The first-order chi connectivity index (χ1) is 7.89. The molecule has 0 rings (SSSR count). The summed E-state index contributed by atoms with van der Waals surface area (Å²) in [4.78, 5) is 11.6. The number of hydrogen-bond donors (Lipinski definition) is 2. The summed E-state index contributed by atoms with van der Waals surface area (Å²) < 4.78 is 0. The lowest BCUT2D eigenvalue weighted by Gasteiger charge is -2.25. The molecule has 0 unspecified atom stereocenters. The van der Waals surface area contributed by atoms with Gasteiger partial charge in [0.2, 0.25) is 5.91 Å². The van der Waals surface area contributed by atoms with Crippen LogP contribution in [0.3, 0.4) is 0 Å². The van der Waals surface area contributed by atoms with Gasteiger partial charge in [0.15, 0.2) is 0 Å². The number of carbonyl (C=O) groups excluding carboxylic acids is 1. The lowest BCUT2D eigenvalue weighted by molar-refractivity contribution is -0.123. The molecule has 0 fully saturated rings. The van der Waals surface area contributed by atoms with Gasteiger partial charge >= 0.3 is 0 Å². The summed E-state index contributed by atoms with van der Waals surface area (Å²) in [6, 6.07) is -0.488. The second-order valence-electron chi connectivity index (χ2n) is 5.07. The molecular formula is C14H24N2O. The molecule has 0 aliphatic heterocycles. The van der Waals surface area contributed by atoms with Crippen molar-refractivity contribution in [3.63, 3.8) is 0 Å². The number of hydrogen-bond acceptors (Lipinski definition) is 2. The molecule has 0 heterocycles. The molecule has 3 heteroatoms. The van der Waals surface area contributed by atoms with Gasteiger partial charge in [-0.3, -0.25) is 4.79 Å². The van der Waals surface area contributed by atoms with Crippen molar-refractivity contribution in [3.8, 4) is 11.8 Å². The molecule has 1 amide bonds. The highest BCUT2D eigenvalue weighted by atomic mass is 16.2. The van der Waals surface area contributed by atoms with Gasteiger partial charge < -0.3 is 11.1 Å². The molecule has 0 aromatic heterocycles. The van der Waals surface area contributed by atoms with Crippen molar-refractivity contribution in [1.82, 2.24) is 5.32 Å². The Kier molecular flexibility index (Phi) is 7.32. The Bertz CT molecular complexity index is 315. The Morgan fingerprint density at radius 1 is 1.47 bits per heavy atom. The Morgan fingerprint density at radius 2 is 2.12 bits per heavy atom. The van der Waals surface area contributed by atoms with Crippen LogP contribution in [0.25, 0.3) is 0 Å². The number of unbranched alkanes of at least 4 members (excludes halogenated alkanes) is 2. The van der Waals surface area contributed by atoms with Gasteiger partial charge in [0.1, 0.15) is 0 Å². The lowest BCUT2D eigenvalue weighted by Crippen LogP contribution is -2.47. The molecule has 0 saturated heterocycles.